The summed E-state index contributed by atoms with van der Waals surface area (Å²) in [6.45, 7) is 2.30. The number of nitrogens with one attached hydrogen (secondary N) is 1. The number of anilines is 2. The Hall–Kier alpha value is -3.42. The normalized spacial score (nSPS) is 14.3. The van der Waals surface area contributed by atoms with Crippen LogP contribution >= 0.6 is 0 Å². The monoisotopic (exact) mass is 398 g/mol. The van der Waals surface area contributed by atoms with E-state index in [9.17, 15) is 18.4 Å². The molecule has 1 aliphatic rings. The van der Waals surface area contributed by atoms with Gasteiger partial charge in [-0.15, -0.1) is 0 Å². The maximum atomic E-state index is 14.0. The van der Waals surface area contributed by atoms with E-state index in [4.69, 9.17) is 0 Å². The molecule has 150 valence electrons. The number of aromatic amines is 1. The first kappa shape index (κ1) is 18.9. The van der Waals surface area contributed by atoms with Crippen molar-refractivity contribution in [1.82, 2.24) is 9.55 Å². The number of nitrogens with zero attached hydrogens (tertiary/aromatic N) is 3. The number of hydrogen-bond donors (Lipinski definition) is 1. The zero-order valence-corrected chi connectivity index (χ0v) is 15.6. The van der Waals surface area contributed by atoms with Gasteiger partial charge in [0.15, 0.2) is 0 Å². The van der Waals surface area contributed by atoms with Gasteiger partial charge in [-0.1, -0.05) is 24.3 Å². The van der Waals surface area contributed by atoms with E-state index in [0.717, 1.165) is 4.57 Å². The van der Waals surface area contributed by atoms with Gasteiger partial charge in [0.1, 0.15) is 17.5 Å². The highest BCUT2D eigenvalue weighted by Crippen LogP contribution is 2.21. The van der Waals surface area contributed by atoms with Crippen LogP contribution in [-0.2, 0) is 6.54 Å². The number of halogens is 2. The Labute approximate surface area is 165 Å². The zero-order chi connectivity index (χ0) is 20.4. The quantitative estimate of drug-likeness (QED) is 0.732. The van der Waals surface area contributed by atoms with E-state index in [0.29, 0.717) is 43.2 Å². The maximum Gasteiger partial charge on any atom is 0.330 e. The van der Waals surface area contributed by atoms with E-state index in [1.807, 2.05) is 9.80 Å². The molecule has 3 aromatic rings. The highest BCUT2D eigenvalue weighted by atomic mass is 19.1. The molecule has 1 aliphatic heterocycles. The molecular weight excluding hydrogens is 378 g/mol. The Morgan fingerprint density at radius 2 is 1.52 bits per heavy atom. The molecule has 2 heterocycles. The van der Waals surface area contributed by atoms with Gasteiger partial charge in [-0.05, 0) is 29.8 Å². The second kappa shape index (κ2) is 7.90. The summed E-state index contributed by atoms with van der Waals surface area (Å²) in [5.74, 6) is -0.193. The van der Waals surface area contributed by atoms with Crippen LogP contribution in [0.15, 0.2) is 64.2 Å². The third-order valence-corrected chi connectivity index (χ3v) is 5.07. The minimum atomic E-state index is -0.520. The highest BCUT2D eigenvalue weighted by Gasteiger charge is 2.21. The molecule has 29 heavy (non-hydrogen) atoms. The molecule has 1 saturated heterocycles. The standard InChI is InChI=1S/C21H20F2N4O2/c22-16-7-5-15(6-8-16)14-27-20(28)13-19(24-21(27)29)26-11-9-25(10-12-26)18-4-2-1-3-17(18)23/h1-8,13H,9-12,14H2,(H,24,29). The molecule has 0 spiro atoms. The Bertz CT molecular complexity index is 1090. The fraction of sp³-hybridized carbons (Fsp3) is 0.238. The average Bonchev–Trinajstić information content (AvgIpc) is 2.72. The molecule has 0 aliphatic carbocycles. The number of aromatic nitrogens is 2. The summed E-state index contributed by atoms with van der Waals surface area (Å²) >= 11 is 0. The number of hydrogen-bond acceptors (Lipinski definition) is 4. The van der Waals surface area contributed by atoms with Crippen molar-refractivity contribution >= 4 is 11.5 Å². The lowest BCUT2D eigenvalue weighted by molar-refractivity contribution is 0.593. The van der Waals surface area contributed by atoms with Gasteiger partial charge < -0.3 is 9.80 Å². The Morgan fingerprint density at radius 3 is 2.17 bits per heavy atom. The topological polar surface area (TPSA) is 61.3 Å². The Balaban J connectivity index is 1.49. The van der Waals surface area contributed by atoms with Gasteiger partial charge in [-0.2, -0.15) is 0 Å². The molecule has 1 aromatic heterocycles. The number of benzene rings is 2. The van der Waals surface area contributed by atoms with Crippen molar-refractivity contribution < 1.29 is 8.78 Å². The minimum absolute atomic E-state index is 0.0653. The second-order valence-corrected chi connectivity index (χ2v) is 6.94. The van der Waals surface area contributed by atoms with E-state index in [1.54, 1.807) is 18.2 Å². The average molecular weight is 398 g/mol. The van der Waals surface area contributed by atoms with Crippen molar-refractivity contribution in [3.05, 3.63) is 92.6 Å². The third kappa shape index (κ3) is 4.06. The number of para-hydroxylation sites is 1. The first-order valence-corrected chi connectivity index (χ1v) is 9.34. The van der Waals surface area contributed by atoms with E-state index < -0.39 is 11.2 Å². The molecule has 1 N–H and O–H groups in total. The molecule has 2 aromatic carbocycles. The summed E-state index contributed by atoms with van der Waals surface area (Å²) in [5.41, 5.74) is 0.263. The van der Waals surface area contributed by atoms with Crippen LogP contribution in [-0.4, -0.2) is 35.7 Å². The van der Waals surface area contributed by atoms with E-state index >= 15 is 0 Å². The molecule has 0 unspecified atom stereocenters. The van der Waals surface area contributed by atoms with Crippen LogP contribution in [0, 0.1) is 11.6 Å². The van der Waals surface area contributed by atoms with Crippen molar-refractivity contribution in [1.29, 1.82) is 0 Å². The summed E-state index contributed by atoms with van der Waals surface area (Å²) in [7, 11) is 0. The van der Waals surface area contributed by atoms with Crippen LogP contribution in [0.3, 0.4) is 0 Å². The molecule has 0 radical (unpaired) electrons. The lowest BCUT2D eigenvalue weighted by Crippen LogP contribution is -2.48. The maximum absolute atomic E-state index is 14.0. The predicted octanol–water partition coefficient (Wildman–Crippen LogP) is 2.19. The van der Waals surface area contributed by atoms with Gasteiger partial charge in [0.2, 0.25) is 0 Å². The Morgan fingerprint density at radius 1 is 0.862 bits per heavy atom. The van der Waals surface area contributed by atoms with Crippen molar-refractivity contribution in [2.45, 2.75) is 6.54 Å². The molecule has 8 heteroatoms. The lowest BCUT2D eigenvalue weighted by atomic mass is 10.2. The third-order valence-electron chi connectivity index (χ3n) is 5.07. The van der Waals surface area contributed by atoms with Gasteiger partial charge in [0.05, 0.1) is 12.2 Å². The van der Waals surface area contributed by atoms with E-state index in [-0.39, 0.29) is 18.2 Å². The number of piperazine rings is 1. The van der Waals surface area contributed by atoms with Crippen LogP contribution in [0.25, 0.3) is 0 Å². The van der Waals surface area contributed by atoms with Crippen molar-refractivity contribution in [2.24, 2.45) is 0 Å². The number of rotatable bonds is 4. The van der Waals surface area contributed by atoms with E-state index in [1.165, 1.54) is 36.4 Å². The van der Waals surface area contributed by atoms with Gasteiger partial charge >= 0.3 is 5.69 Å². The fourth-order valence-corrected chi connectivity index (χ4v) is 3.50. The smallest absolute Gasteiger partial charge is 0.330 e. The highest BCUT2D eigenvalue weighted by molar-refractivity contribution is 5.50. The summed E-state index contributed by atoms with van der Waals surface area (Å²) in [6, 6.07) is 13.7. The first-order chi connectivity index (χ1) is 14.0. The fourth-order valence-electron chi connectivity index (χ4n) is 3.50. The summed E-state index contributed by atoms with van der Waals surface area (Å²) < 4.78 is 28.1. The summed E-state index contributed by atoms with van der Waals surface area (Å²) in [5, 5.41) is 0. The van der Waals surface area contributed by atoms with Crippen LogP contribution in [0.4, 0.5) is 20.3 Å². The molecule has 0 saturated carbocycles. The van der Waals surface area contributed by atoms with Crippen LogP contribution < -0.4 is 21.0 Å². The zero-order valence-electron chi connectivity index (χ0n) is 15.6. The molecule has 1 fully saturated rings. The van der Waals surface area contributed by atoms with Crippen LogP contribution in [0.1, 0.15) is 5.56 Å². The Kier molecular flexibility index (Phi) is 5.16. The first-order valence-electron chi connectivity index (χ1n) is 9.34. The van der Waals surface area contributed by atoms with Crippen molar-refractivity contribution in [2.75, 3.05) is 36.0 Å². The van der Waals surface area contributed by atoms with Crippen LogP contribution in [0.2, 0.25) is 0 Å². The molecule has 0 amide bonds. The lowest BCUT2D eigenvalue weighted by Gasteiger charge is -2.37. The molecule has 0 atom stereocenters. The summed E-state index contributed by atoms with van der Waals surface area (Å²) in [6.07, 6.45) is 0. The van der Waals surface area contributed by atoms with Gasteiger partial charge in [-0.3, -0.25) is 14.3 Å². The largest absolute Gasteiger partial charge is 0.366 e. The predicted molar refractivity (Wildman–Crippen MR) is 108 cm³/mol. The van der Waals surface area contributed by atoms with Crippen molar-refractivity contribution in [3.63, 3.8) is 0 Å². The van der Waals surface area contributed by atoms with Crippen LogP contribution in [0.5, 0.6) is 0 Å². The summed E-state index contributed by atoms with van der Waals surface area (Å²) in [4.78, 5) is 31.5. The molecule has 0 bridgehead atoms. The van der Waals surface area contributed by atoms with Gasteiger partial charge in [-0.25, -0.2) is 13.6 Å². The number of H-pyrrole nitrogens is 1. The molecule has 6 nitrogen and oxygen atoms in total. The van der Waals surface area contributed by atoms with Crippen molar-refractivity contribution in [3.8, 4) is 0 Å². The minimum Gasteiger partial charge on any atom is -0.366 e. The molecular formula is C21H20F2N4O2. The molecule has 4 rings (SSSR count). The van der Waals surface area contributed by atoms with Gasteiger partial charge in [0.25, 0.3) is 5.56 Å². The van der Waals surface area contributed by atoms with E-state index in [2.05, 4.69) is 4.98 Å². The SMILES string of the molecule is O=c1cc(N2CCN(c3ccccc3F)CC2)[nH]c(=O)n1Cc1ccc(F)cc1. The second-order valence-electron chi connectivity index (χ2n) is 6.94. The van der Waals surface area contributed by atoms with Gasteiger partial charge in [0, 0.05) is 32.2 Å².